The van der Waals surface area contributed by atoms with Crippen LogP contribution >= 0.6 is 11.5 Å². The number of rotatable bonds is 9. The number of hydrogen-bond donors (Lipinski definition) is 3. The van der Waals surface area contributed by atoms with Gasteiger partial charge in [-0.15, -0.1) is 0 Å². The summed E-state index contributed by atoms with van der Waals surface area (Å²) in [5, 5.41) is 5.41. The minimum Gasteiger partial charge on any atom is -0.471 e. The van der Waals surface area contributed by atoms with Gasteiger partial charge in [0.1, 0.15) is 23.0 Å². The predicted molar refractivity (Wildman–Crippen MR) is 110 cm³/mol. The summed E-state index contributed by atoms with van der Waals surface area (Å²) < 4.78 is 25.4. The Morgan fingerprint density at radius 3 is 2.90 bits per heavy atom. The van der Waals surface area contributed by atoms with E-state index in [-0.39, 0.29) is 23.1 Å². The molecule has 0 saturated heterocycles. The summed E-state index contributed by atoms with van der Waals surface area (Å²) >= 11 is 0.858. The minimum absolute atomic E-state index is 0.0529. The van der Waals surface area contributed by atoms with E-state index in [1.807, 2.05) is 10.8 Å². The summed E-state index contributed by atoms with van der Waals surface area (Å²) in [6, 6.07) is 4.24. The van der Waals surface area contributed by atoms with Crippen LogP contribution in [0.3, 0.4) is 0 Å². The fourth-order valence-electron chi connectivity index (χ4n) is 2.62. The summed E-state index contributed by atoms with van der Waals surface area (Å²) in [7, 11) is 0. The zero-order valence-electron chi connectivity index (χ0n) is 16.2. The smallest absolute Gasteiger partial charge is 0.319 e. The van der Waals surface area contributed by atoms with Crippen molar-refractivity contribution in [3.8, 4) is 5.88 Å². The van der Waals surface area contributed by atoms with E-state index in [0.717, 1.165) is 17.1 Å². The van der Waals surface area contributed by atoms with Crippen LogP contribution < -0.4 is 21.1 Å². The average molecular weight is 432 g/mol. The van der Waals surface area contributed by atoms with E-state index in [0.29, 0.717) is 25.1 Å². The molecule has 0 fully saturated rings. The Hall–Kier alpha value is -3.47. The van der Waals surface area contributed by atoms with Crippen molar-refractivity contribution in [2.75, 3.05) is 11.9 Å². The molecular weight excluding hydrogens is 411 g/mol. The molecule has 2 aromatic heterocycles. The molecule has 0 spiro atoms. The molecular formula is C19H21FN6O3S. The number of nitrogens with two attached hydrogens (primary N) is 1. The highest BCUT2D eigenvalue weighted by molar-refractivity contribution is 7.11. The number of primary amides is 1. The maximum atomic E-state index is 14.0. The lowest BCUT2D eigenvalue weighted by Gasteiger charge is -2.08. The normalized spacial score (nSPS) is 10.6. The number of anilines is 1. The van der Waals surface area contributed by atoms with Crippen molar-refractivity contribution in [2.24, 2.45) is 5.73 Å². The third-order valence-corrected chi connectivity index (χ3v) is 4.89. The second kappa shape index (κ2) is 9.83. The molecule has 0 aliphatic carbocycles. The fourth-order valence-corrected chi connectivity index (χ4v) is 3.36. The van der Waals surface area contributed by atoms with Crippen LogP contribution in [0.2, 0.25) is 0 Å². The lowest BCUT2D eigenvalue weighted by molar-refractivity contribution is 0.0996. The third kappa shape index (κ3) is 5.54. The Kier molecular flexibility index (Phi) is 6.96. The maximum Gasteiger partial charge on any atom is 0.319 e. The van der Waals surface area contributed by atoms with E-state index in [1.54, 1.807) is 31.6 Å². The maximum absolute atomic E-state index is 14.0. The van der Waals surface area contributed by atoms with Gasteiger partial charge in [-0.1, -0.05) is 12.1 Å². The molecule has 4 N–H and O–H groups in total. The summed E-state index contributed by atoms with van der Waals surface area (Å²) in [6.45, 7) is 2.78. The van der Waals surface area contributed by atoms with Crippen LogP contribution in [0.25, 0.3) is 0 Å². The second-order valence-corrected chi connectivity index (χ2v) is 7.25. The van der Waals surface area contributed by atoms with Gasteiger partial charge in [0.2, 0.25) is 5.88 Å². The molecule has 0 bridgehead atoms. The molecule has 9 nitrogen and oxygen atoms in total. The van der Waals surface area contributed by atoms with Crippen molar-refractivity contribution >= 4 is 28.5 Å². The van der Waals surface area contributed by atoms with Crippen molar-refractivity contribution in [3.63, 3.8) is 0 Å². The number of nitrogens with zero attached hydrogens (tertiary/aromatic N) is 3. The van der Waals surface area contributed by atoms with Crippen molar-refractivity contribution in [1.29, 1.82) is 0 Å². The number of aryl methyl sites for hydroxylation is 2. The van der Waals surface area contributed by atoms with E-state index >= 15 is 0 Å². The van der Waals surface area contributed by atoms with Crippen LogP contribution in [0, 0.1) is 12.7 Å². The van der Waals surface area contributed by atoms with Gasteiger partial charge in [0.05, 0.1) is 6.33 Å². The molecule has 3 aromatic rings. The number of imidazole rings is 1. The molecule has 0 atom stereocenters. The van der Waals surface area contributed by atoms with Gasteiger partial charge in [-0.2, -0.15) is 4.37 Å². The molecule has 1 aromatic carbocycles. The summed E-state index contributed by atoms with van der Waals surface area (Å²) in [5.74, 6) is -1.28. The Balaban J connectivity index is 1.56. The zero-order valence-corrected chi connectivity index (χ0v) is 17.0. The molecule has 0 aliphatic rings. The molecule has 0 saturated carbocycles. The van der Waals surface area contributed by atoms with Crippen molar-refractivity contribution in [1.82, 2.24) is 19.2 Å². The lowest BCUT2D eigenvalue weighted by atomic mass is 10.1. The molecule has 11 heteroatoms. The Morgan fingerprint density at radius 2 is 2.20 bits per heavy atom. The van der Waals surface area contributed by atoms with Crippen LogP contribution in [-0.2, 0) is 13.2 Å². The monoisotopic (exact) mass is 432 g/mol. The van der Waals surface area contributed by atoms with Crippen LogP contribution in [0.15, 0.2) is 36.9 Å². The van der Waals surface area contributed by atoms with Crippen LogP contribution in [0.5, 0.6) is 5.88 Å². The second-order valence-electron chi connectivity index (χ2n) is 6.47. The number of urea groups is 1. The molecule has 3 rings (SSSR count). The highest BCUT2D eigenvalue weighted by Crippen LogP contribution is 2.30. The van der Waals surface area contributed by atoms with E-state index < -0.39 is 17.8 Å². The average Bonchev–Trinajstić information content (AvgIpc) is 3.34. The topological polar surface area (TPSA) is 124 Å². The fraction of sp³-hybridized carbons (Fsp3) is 0.263. The number of hydrogen-bond acceptors (Lipinski definition) is 6. The predicted octanol–water partition coefficient (Wildman–Crippen LogP) is 2.68. The van der Waals surface area contributed by atoms with Gasteiger partial charge in [-0.05, 0) is 36.5 Å². The van der Waals surface area contributed by atoms with Gasteiger partial charge >= 0.3 is 6.03 Å². The first-order valence-electron chi connectivity index (χ1n) is 9.12. The molecule has 0 radical (unpaired) electrons. The Morgan fingerprint density at radius 1 is 1.37 bits per heavy atom. The number of benzene rings is 1. The highest BCUT2D eigenvalue weighted by Gasteiger charge is 2.22. The van der Waals surface area contributed by atoms with Crippen molar-refractivity contribution < 1.29 is 18.7 Å². The Bertz CT molecular complexity index is 1020. The highest BCUT2D eigenvalue weighted by atomic mass is 32.1. The summed E-state index contributed by atoms with van der Waals surface area (Å²) in [6.07, 6.45) is 5.91. The number of amides is 3. The Labute approximate surface area is 176 Å². The van der Waals surface area contributed by atoms with Gasteiger partial charge < -0.3 is 20.4 Å². The van der Waals surface area contributed by atoms with E-state index in [4.69, 9.17) is 10.5 Å². The number of ether oxygens (including phenoxy) is 1. The summed E-state index contributed by atoms with van der Waals surface area (Å²) in [4.78, 5) is 27.9. The van der Waals surface area contributed by atoms with Gasteiger partial charge in [-0.25, -0.2) is 14.2 Å². The number of aromatic nitrogens is 3. The first-order valence-corrected chi connectivity index (χ1v) is 9.89. The van der Waals surface area contributed by atoms with E-state index in [1.165, 1.54) is 6.07 Å². The first-order chi connectivity index (χ1) is 14.4. The number of halogens is 1. The molecule has 0 aliphatic heterocycles. The summed E-state index contributed by atoms with van der Waals surface area (Å²) in [5.41, 5.74) is 6.47. The van der Waals surface area contributed by atoms with Crippen molar-refractivity contribution in [3.05, 3.63) is 59.4 Å². The van der Waals surface area contributed by atoms with Crippen LogP contribution in [0.4, 0.5) is 14.2 Å². The van der Waals surface area contributed by atoms with Crippen LogP contribution in [-0.4, -0.2) is 32.4 Å². The van der Waals surface area contributed by atoms with Gasteiger partial charge in [0.15, 0.2) is 0 Å². The van der Waals surface area contributed by atoms with E-state index in [2.05, 4.69) is 20.0 Å². The molecule has 3 amide bonds. The van der Waals surface area contributed by atoms with Gasteiger partial charge in [-0.3, -0.25) is 10.1 Å². The standard InChI is InChI=1S/C19H21FN6O3S/c1-12-3-4-13(14(20)9-12)10-29-17-15(16(21)27)18(30-25-17)24-19(28)23-5-2-7-26-8-6-22-11-26/h3-4,6,8-9,11H,2,5,7,10H2,1H3,(H2,21,27)(H2,23,24,28). The number of carbonyl (C=O) groups is 2. The molecule has 30 heavy (non-hydrogen) atoms. The first kappa shape index (κ1) is 21.2. The van der Waals surface area contributed by atoms with E-state index in [9.17, 15) is 14.0 Å². The largest absolute Gasteiger partial charge is 0.471 e. The SMILES string of the molecule is Cc1ccc(COc2nsc(NC(=O)NCCCn3ccnc3)c2C(N)=O)c(F)c1. The number of nitrogens with one attached hydrogen (secondary N) is 2. The molecule has 158 valence electrons. The minimum atomic E-state index is -0.807. The van der Waals surface area contributed by atoms with Crippen LogP contribution in [0.1, 0.15) is 27.9 Å². The van der Waals surface area contributed by atoms with Gasteiger partial charge in [0, 0.05) is 31.0 Å². The molecule has 2 heterocycles. The third-order valence-electron chi connectivity index (χ3n) is 4.15. The lowest BCUT2D eigenvalue weighted by Crippen LogP contribution is -2.30. The number of carbonyl (C=O) groups excluding carboxylic acids is 2. The van der Waals surface area contributed by atoms with Crippen molar-refractivity contribution in [2.45, 2.75) is 26.5 Å². The molecule has 0 unspecified atom stereocenters. The quantitative estimate of drug-likeness (QED) is 0.449. The zero-order chi connectivity index (χ0) is 21.5. The van der Waals surface area contributed by atoms with Gasteiger partial charge in [0.25, 0.3) is 5.91 Å².